The van der Waals surface area contributed by atoms with Crippen LogP contribution in [0.3, 0.4) is 0 Å². The van der Waals surface area contributed by atoms with E-state index in [1.54, 1.807) is 18.4 Å². The van der Waals surface area contributed by atoms with E-state index >= 15 is 0 Å². The predicted molar refractivity (Wildman–Crippen MR) is 78.8 cm³/mol. The molecule has 2 nitrogen and oxygen atoms in total. The van der Waals surface area contributed by atoms with E-state index in [1.165, 1.54) is 9.35 Å². The Morgan fingerprint density at radius 3 is 2.59 bits per heavy atom. The zero-order valence-corrected chi connectivity index (χ0v) is 13.4. The Morgan fingerprint density at radius 2 is 2.18 bits per heavy atom. The van der Waals surface area contributed by atoms with Crippen LogP contribution in [0.4, 0.5) is 0 Å². The van der Waals surface area contributed by atoms with E-state index < -0.39 is 0 Å². The Morgan fingerprint density at radius 1 is 1.47 bits per heavy atom. The molecule has 17 heavy (non-hydrogen) atoms. The molecule has 0 saturated heterocycles. The molecule has 0 amide bonds. The minimum absolute atomic E-state index is 0.254. The number of rotatable bonds is 7. The molecule has 1 heterocycles. The molecule has 1 aromatic heterocycles. The van der Waals surface area contributed by atoms with Crippen molar-refractivity contribution in [2.75, 3.05) is 13.7 Å². The summed E-state index contributed by atoms with van der Waals surface area (Å²) < 4.78 is 6.85. The first-order valence-corrected chi connectivity index (χ1v) is 7.75. The van der Waals surface area contributed by atoms with Gasteiger partial charge >= 0.3 is 0 Å². The van der Waals surface area contributed by atoms with Gasteiger partial charge in [0.05, 0.1) is 6.10 Å². The van der Waals surface area contributed by atoms with Gasteiger partial charge in [-0.25, -0.2) is 0 Å². The molecule has 0 aliphatic rings. The maximum Gasteiger partial charge on any atom is 0.0750 e. The van der Waals surface area contributed by atoms with Gasteiger partial charge in [-0.05, 0) is 39.8 Å². The highest BCUT2D eigenvalue weighted by Gasteiger charge is 2.24. The van der Waals surface area contributed by atoms with Gasteiger partial charge in [-0.15, -0.1) is 11.3 Å². The maximum atomic E-state index is 5.64. The smallest absolute Gasteiger partial charge is 0.0750 e. The van der Waals surface area contributed by atoms with Crippen molar-refractivity contribution in [2.45, 2.75) is 39.3 Å². The first kappa shape index (κ1) is 15.2. The molecule has 0 spiro atoms. The fraction of sp³-hybridized carbons (Fsp3) is 0.692. The van der Waals surface area contributed by atoms with Gasteiger partial charge in [-0.3, -0.25) is 0 Å². The highest BCUT2D eigenvalue weighted by atomic mass is 79.9. The molecule has 1 aromatic rings. The summed E-state index contributed by atoms with van der Waals surface area (Å²) in [4.78, 5) is 1.39. The fourth-order valence-corrected chi connectivity index (χ4v) is 3.71. The van der Waals surface area contributed by atoms with Crippen LogP contribution >= 0.6 is 27.3 Å². The lowest BCUT2D eigenvalue weighted by Gasteiger charge is -2.29. The van der Waals surface area contributed by atoms with E-state index in [-0.39, 0.29) is 6.10 Å². The van der Waals surface area contributed by atoms with Crippen molar-refractivity contribution in [3.63, 3.8) is 0 Å². The Kier molecular flexibility index (Phi) is 6.70. The number of halogens is 1. The van der Waals surface area contributed by atoms with Gasteiger partial charge in [0.25, 0.3) is 0 Å². The summed E-state index contributed by atoms with van der Waals surface area (Å²) in [7, 11) is 1.80. The lowest BCUT2D eigenvalue weighted by Crippen LogP contribution is -2.45. The van der Waals surface area contributed by atoms with Crippen molar-refractivity contribution < 1.29 is 4.74 Å². The van der Waals surface area contributed by atoms with Crippen molar-refractivity contribution in [1.29, 1.82) is 0 Å². The second-order valence-electron chi connectivity index (χ2n) is 4.50. The predicted octanol–water partition coefficient (Wildman–Crippen LogP) is 3.70. The summed E-state index contributed by atoms with van der Waals surface area (Å²) in [5.41, 5.74) is 0. The summed E-state index contributed by atoms with van der Waals surface area (Å²) >= 11 is 5.40. The van der Waals surface area contributed by atoms with Crippen LogP contribution in [0.2, 0.25) is 0 Å². The van der Waals surface area contributed by atoms with Crippen molar-refractivity contribution in [2.24, 2.45) is 5.92 Å². The highest BCUT2D eigenvalue weighted by molar-refractivity contribution is 9.10. The normalized spacial score (nSPS) is 15.2. The number of thiophene rings is 1. The quantitative estimate of drug-likeness (QED) is 0.827. The molecule has 0 saturated carbocycles. The monoisotopic (exact) mass is 319 g/mol. The van der Waals surface area contributed by atoms with Gasteiger partial charge in [0.2, 0.25) is 0 Å². The molecule has 0 aromatic carbocycles. The van der Waals surface area contributed by atoms with Gasteiger partial charge in [0.1, 0.15) is 0 Å². The molecular weight excluding hydrogens is 298 g/mol. The molecule has 0 bridgehead atoms. The molecule has 0 aliphatic carbocycles. The SMILES string of the molecule is CCNC(Cc1sccc1Br)C(OC)C(C)C. The van der Waals surface area contributed by atoms with E-state index in [2.05, 4.69) is 53.5 Å². The zero-order valence-electron chi connectivity index (χ0n) is 11.0. The van der Waals surface area contributed by atoms with Crippen molar-refractivity contribution >= 4 is 27.3 Å². The molecule has 98 valence electrons. The molecule has 1 rings (SSSR count). The summed E-state index contributed by atoms with van der Waals surface area (Å²) in [5, 5.41) is 5.67. The third kappa shape index (κ3) is 4.36. The molecule has 4 heteroatoms. The van der Waals surface area contributed by atoms with E-state index in [4.69, 9.17) is 4.74 Å². The number of likely N-dealkylation sites (N-methyl/N-ethyl adjacent to an activating group) is 1. The Labute approximate surface area is 117 Å². The molecule has 2 unspecified atom stereocenters. The van der Waals surface area contributed by atoms with Gasteiger partial charge in [-0.1, -0.05) is 20.8 Å². The number of ether oxygens (including phenoxy) is 1. The second-order valence-corrected chi connectivity index (χ2v) is 6.36. The van der Waals surface area contributed by atoms with Crippen LogP contribution in [-0.2, 0) is 11.2 Å². The number of methoxy groups -OCH3 is 1. The molecule has 2 atom stereocenters. The average Bonchev–Trinajstić information content (AvgIpc) is 2.65. The third-order valence-corrected chi connectivity index (χ3v) is 4.84. The molecule has 0 aliphatic heterocycles. The van der Waals surface area contributed by atoms with Gasteiger partial charge in [0.15, 0.2) is 0 Å². The molecule has 1 N–H and O–H groups in total. The Balaban J connectivity index is 2.75. The molecule has 0 fully saturated rings. The van der Waals surface area contributed by atoms with Crippen LogP contribution in [0.1, 0.15) is 25.6 Å². The van der Waals surface area contributed by atoms with Crippen molar-refractivity contribution in [3.05, 3.63) is 20.8 Å². The largest absolute Gasteiger partial charge is 0.380 e. The van der Waals surface area contributed by atoms with Crippen LogP contribution in [0, 0.1) is 5.92 Å². The lowest BCUT2D eigenvalue weighted by atomic mass is 9.96. The van der Waals surface area contributed by atoms with Crippen LogP contribution in [-0.4, -0.2) is 25.8 Å². The third-order valence-electron chi connectivity index (χ3n) is 2.89. The average molecular weight is 320 g/mol. The van der Waals surface area contributed by atoms with Crippen LogP contribution in [0.15, 0.2) is 15.9 Å². The second kappa shape index (κ2) is 7.52. The Bertz CT molecular complexity index is 327. The van der Waals surface area contributed by atoms with E-state index in [9.17, 15) is 0 Å². The topological polar surface area (TPSA) is 21.3 Å². The van der Waals surface area contributed by atoms with Crippen LogP contribution in [0.5, 0.6) is 0 Å². The van der Waals surface area contributed by atoms with Crippen LogP contribution < -0.4 is 5.32 Å². The van der Waals surface area contributed by atoms with Gasteiger partial charge in [-0.2, -0.15) is 0 Å². The van der Waals surface area contributed by atoms with Crippen molar-refractivity contribution in [3.8, 4) is 0 Å². The first-order valence-electron chi connectivity index (χ1n) is 6.08. The summed E-state index contributed by atoms with van der Waals surface area (Å²) in [6, 6.07) is 2.49. The standard InChI is InChI=1S/C13H22BrNOS/c1-5-15-11(13(16-4)9(2)3)8-12-10(14)6-7-17-12/h6-7,9,11,13,15H,5,8H2,1-4H3. The molecular formula is C13H22BrNOS. The van der Waals surface area contributed by atoms with Crippen molar-refractivity contribution in [1.82, 2.24) is 5.32 Å². The Hall–Kier alpha value is 0.1000. The van der Waals surface area contributed by atoms with E-state index in [0.29, 0.717) is 12.0 Å². The first-order chi connectivity index (χ1) is 8.10. The van der Waals surface area contributed by atoms with Gasteiger partial charge in [0, 0.05) is 28.9 Å². The van der Waals surface area contributed by atoms with Gasteiger partial charge < -0.3 is 10.1 Å². The van der Waals surface area contributed by atoms with Crippen LogP contribution in [0.25, 0.3) is 0 Å². The highest BCUT2D eigenvalue weighted by Crippen LogP contribution is 2.26. The lowest BCUT2D eigenvalue weighted by molar-refractivity contribution is 0.0339. The maximum absolute atomic E-state index is 5.64. The minimum atomic E-state index is 0.254. The summed E-state index contributed by atoms with van der Waals surface area (Å²) in [5.74, 6) is 0.516. The van der Waals surface area contributed by atoms with E-state index in [0.717, 1.165) is 13.0 Å². The minimum Gasteiger partial charge on any atom is -0.380 e. The zero-order chi connectivity index (χ0) is 12.8. The number of hydrogen-bond donors (Lipinski definition) is 1. The summed E-state index contributed by atoms with van der Waals surface area (Å²) in [6.45, 7) is 7.54. The van der Waals surface area contributed by atoms with E-state index in [1.807, 2.05) is 0 Å². The summed E-state index contributed by atoms with van der Waals surface area (Å²) in [6.07, 6.45) is 1.27. The fourth-order valence-electron chi connectivity index (χ4n) is 2.14. The number of nitrogens with one attached hydrogen (secondary N) is 1. The molecule has 0 radical (unpaired) electrons. The number of hydrogen-bond acceptors (Lipinski definition) is 3.